The monoisotopic (exact) mass is 261 g/mol. The van der Waals surface area contributed by atoms with Crippen LogP contribution in [0.3, 0.4) is 0 Å². The second kappa shape index (κ2) is 4.93. The van der Waals surface area contributed by atoms with Crippen molar-refractivity contribution in [3.63, 3.8) is 0 Å². The van der Waals surface area contributed by atoms with E-state index in [0.717, 1.165) is 12.1 Å². The van der Waals surface area contributed by atoms with E-state index in [1.807, 2.05) is 23.2 Å². The largest absolute Gasteiger partial charge is 0.332 e. The third kappa shape index (κ3) is 3.32. The Labute approximate surface area is 115 Å². The van der Waals surface area contributed by atoms with Crippen molar-refractivity contribution < 1.29 is 4.79 Å². The molecule has 1 N–H and O–H groups in total. The predicted molar refractivity (Wildman–Crippen MR) is 75.6 cm³/mol. The summed E-state index contributed by atoms with van der Waals surface area (Å²) >= 11 is 0. The Balaban J connectivity index is 2.23. The highest BCUT2D eigenvalue weighted by atomic mass is 16.2. The minimum absolute atomic E-state index is 0.141. The van der Waals surface area contributed by atoms with Crippen molar-refractivity contribution in [1.82, 2.24) is 15.2 Å². The van der Waals surface area contributed by atoms with Gasteiger partial charge in [-0.15, -0.1) is 0 Å². The van der Waals surface area contributed by atoms with Crippen LogP contribution in [0.2, 0.25) is 0 Å². The Morgan fingerprint density at radius 1 is 1.37 bits per heavy atom. The summed E-state index contributed by atoms with van der Waals surface area (Å²) in [6.07, 6.45) is 4.10. The molecule has 1 saturated heterocycles. The molecule has 0 bridgehead atoms. The van der Waals surface area contributed by atoms with Gasteiger partial charge in [0.15, 0.2) is 0 Å². The molecular weight excluding hydrogens is 238 g/mol. The molecule has 0 aromatic carbocycles. The number of hydrogen-bond acceptors (Lipinski definition) is 3. The molecule has 104 valence electrons. The van der Waals surface area contributed by atoms with E-state index in [4.69, 9.17) is 0 Å². The van der Waals surface area contributed by atoms with Gasteiger partial charge in [-0.05, 0) is 39.3 Å². The fourth-order valence-electron chi connectivity index (χ4n) is 2.40. The molecule has 2 rings (SSSR count). The molecule has 0 radical (unpaired) electrons. The highest BCUT2D eigenvalue weighted by molar-refractivity contribution is 5.78. The van der Waals surface area contributed by atoms with Crippen molar-refractivity contribution in [1.29, 1.82) is 0 Å². The molecule has 1 aromatic heterocycles. The Kier molecular flexibility index (Phi) is 3.63. The lowest BCUT2D eigenvalue weighted by atomic mass is 10.0. The van der Waals surface area contributed by atoms with Crippen molar-refractivity contribution in [3.05, 3.63) is 30.1 Å². The third-order valence-corrected chi connectivity index (χ3v) is 3.69. The Bertz CT molecular complexity index is 454. The average molecular weight is 261 g/mol. The van der Waals surface area contributed by atoms with E-state index in [-0.39, 0.29) is 17.0 Å². The van der Waals surface area contributed by atoms with Gasteiger partial charge in [-0.2, -0.15) is 0 Å². The molecule has 1 aromatic rings. The van der Waals surface area contributed by atoms with Gasteiger partial charge in [0.2, 0.25) is 5.91 Å². The van der Waals surface area contributed by atoms with Crippen molar-refractivity contribution in [2.45, 2.75) is 51.7 Å². The van der Waals surface area contributed by atoms with Crippen LogP contribution < -0.4 is 5.32 Å². The standard InChI is InChI=1S/C15H23N3O/c1-14(2)8-13(19)18(15(3,4)11-17-14)10-12-6-5-7-16-9-12/h5-7,9,17H,8,10-11H2,1-4H3. The highest BCUT2D eigenvalue weighted by Gasteiger charge is 2.38. The smallest absolute Gasteiger partial charge is 0.225 e. The Morgan fingerprint density at radius 3 is 2.74 bits per heavy atom. The number of aromatic nitrogens is 1. The lowest BCUT2D eigenvalue weighted by Crippen LogP contribution is -2.50. The predicted octanol–water partition coefficient (Wildman–Crippen LogP) is 1.96. The molecule has 1 aliphatic rings. The molecule has 0 aliphatic carbocycles. The summed E-state index contributed by atoms with van der Waals surface area (Å²) in [5.74, 6) is 0.198. The van der Waals surface area contributed by atoms with Crippen LogP contribution in [0.1, 0.15) is 39.7 Å². The van der Waals surface area contributed by atoms with Crippen LogP contribution in [0.15, 0.2) is 24.5 Å². The molecule has 0 atom stereocenters. The average Bonchev–Trinajstić information content (AvgIpc) is 2.40. The topological polar surface area (TPSA) is 45.2 Å². The maximum absolute atomic E-state index is 12.5. The summed E-state index contributed by atoms with van der Waals surface area (Å²) in [5, 5.41) is 3.48. The first-order valence-electron chi connectivity index (χ1n) is 6.75. The molecule has 19 heavy (non-hydrogen) atoms. The lowest BCUT2D eigenvalue weighted by Gasteiger charge is -2.37. The van der Waals surface area contributed by atoms with Crippen LogP contribution >= 0.6 is 0 Å². The zero-order valence-corrected chi connectivity index (χ0v) is 12.2. The molecule has 1 aliphatic heterocycles. The van der Waals surface area contributed by atoms with Crippen molar-refractivity contribution >= 4 is 5.91 Å². The van der Waals surface area contributed by atoms with E-state index in [1.165, 1.54) is 0 Å². The molecule has 2 heterocycles. The maximum Gasteiger partial charge on any atom is 0.225 e. The summed E-state index contributed by atoms with van der Waals surface area (Å²) in [7, 11) is 0. The first-order valence-corrected chi connectivity index (χ1v) is 6.75. The summed E-state index contributed by atoms with van der Waals surface area (Å²) < 4.78 is 0. The van der Waals surface area contributed by atoms with Crippen molar-refractivity contribution in [2.24, 2.45) is 0 Å². The highest BCUT2D eigenvalue weighted by Crippen LogP contribution is 2.25. The van der Waals surface area contributed by atoms with Crippen LogP contribution in [-0.4, -0.2) is 33.4 Å². The van der Waals surface area contributed by atoms with Crippen LogP contribution in [0, 0.1) is 0 Å². The van der Waals surface area contributed by atoms with Crippen molar-refractivity contribution in [2.75, 3.05) is 6.54 Å². The number of nitrogens with one attached hydrogen (secondary N) is 1. The zero-order valence-electron chi connectivity index (χ0n) is 12.2. The van der Waals surface area contributed by atoms with E-state index in [9.17, 15) is 4.79 Å². The van der Waals surface area contributed by atoms with Gasteiger partial charge >= 0.3 is 0 Å². The lowest BCUT2D eigenvalue weighted by molar-refractivity contribution is -0.136. The van der Waals surface area contributed by atoms with E-state index in [1.54, 1.807) is 6.20 Å². The van der Waals surface area contributed by atoms with E-state index < -0.39 is 0 Å². The molecule has 0 saturated carbocycles. The van der Waals surface area contributed by atoms with Gasteiger partial charge in [0.05, 0.1) is 5.54 Å². The van der Waals surface area contributed by atoms with E-state index >= 15 is 0 Å². The molecule has 0 unspecified atom stereocenters. The first kappa shape index (κ1) is 14.0. The number of hydrogen-bond donors (Lipinski definition) is 1. The molecule has 4 nitrogen and oxygen atoms in total. The number of rotatable bonds is 2. The molecule has 1 fully saturated rings. The summed E-state index contributed by atoms with van der Waals surface area (Å²) in [6, 6.07) is 3.92. The quantitative estimate of drug-likeness (QED) is 0.885. The number of carbonyl (C=O) groups excluding carboxylic acids is 1. The maximum atomic E-state index is 12.5. The number of amides is 1. The third-order valence-electron chi connectivity index (χ3n) is 3.69. The van der Waals surface area contributed by atoms with Gasteiger partial charge in [-0.25, -0.2) is 0 Å². The van der Waals surface area contributed by atoms with Crippen LogP contribution in [0.25, 0.3) is 0 Å². The van der Waals surface area contributed by atoms with Crippen LogP contribution in [-0.2, 0) is 11.3 Å². The van der Waals surface area contributed by atoms with Gasteiger partial charge in [-0.3, -0.25) is 9.78 Å². The molecule has 4 heteroatoms. The van der Waals surface area contributed by atoms with Crippen LogP contribution in [0.5, 0.6) is 0 Å². The van der Waals surface area contributed by atoms with Gasteiger partial charge in [0, 0.05) is 37.4 Å². The van der Waals surface area contributed by atoms with Gasteiger partial charge < -0.3 is 10.2 Å². The Morgan fingerprint density at radius 2 is 2.11 bits per heavy atom. The molecule has 0 spiro atoms. The van der Waals surface area contributed by atoms with E-state index in [2.05, 4.69) is 38.0 Å². The minimum Gasteiger partial charge on any atom is -0.332 e. The minimum atomic E-state index is -0.194. The summed E-state index contributed by atoms with van der Waals surface area (Å²) in [4.78, 5) is 18.6. The summed E-state index contributed by atoms with van der Waals surface area (Å²) in [5.41, 5.74) is 0.738. The number of pyridine rings is 1. The molecule has 1 amide bonds. The van der Waals surface area contributed by atoms with Crippen LogP contribution in [0.4, 0.5) is 0 Å². The fraction of sp³-hybridized carbons (Fsp3) is 0.600. The normalized spacial score (nSPS) is 22.1. The second-order valence-corrected chi connectivity index (χ2v) is 6.57. The van der Waals surface area contributed by atoms with Gasteiger partial charge in [0.25, 0.3) is 0 Å². The number of carbonyl (C=O) groups is 1. The summed E-state index contributed by atoms with van der Waals surface area (Å²) in [6.45, 7) is 9.79. The second-order valence-electron chi connectivity index (χ2n) is 6.57. The van der Waals surface area contributed by atoms with Crippen molar-refractivity contribution in [3.8, 4) is 0 Å². The Hall–Kier alpha value is -1.42. The van der Waals surface area contributed by atoms with Gasteiger partial charge in [0.1, 0.15) is 0 Å². The zero-order chi connectivity index (χ0) is 14.1. The fourth-order valence-corrected chi connectivity index (χ4v) is 2.40. The number of nitrogens with zero attached hydrogens (tertiary/aromatic N) is 2. The van der Waals surface area contributed by atoms with E-state index in [0.29, 0.717) is 13.0 Å². The first-order chi connectivity index (χ1) is 8.80. The molecular formula is C15H23N3O. The van der Waals surface area contributed by atoms with Gasteiger partial charge in [-0.1, -0.05) is 6.07 Å². The SMILES string of the molecule is CC1(C)CC(=O)N(Cc2cccnc2)C(C)(C)CN1.